The van der Waals surface area contributed by atoms with Gasteiger partial charge in [-0.15, -0.1) is 0 Å². The fourth-order valence-electron chi connectivity index (χ4n) is 1.70. The lowest BCUT2D eigenvalue weighted by Crippen LogP contribution is -2.15. The van der Waals surface area contributed by atoms with Crippen molar-refractivity contribution in [1.29, 1.82) is 0 Å². The number of para-hydroxylation sites is 1. The maximum atomic E-state index is 12.2. The van der Waals surface area contributed by atoms with Gasteiger partial charge in [0.15, 0.2) is 5.75 Å². The third-order valence-electron chi connectivity index (χ3n) is 2.54. The molecule has 104 valence electrons. The molecule has 0 aliphatic rings. The first-order valence-corrected chi connectivity index (χ1v) is 6.44. The van der Waals surface area contributed by atoms with Crippen molar-refractivity contribution >= 4 is 29.0 Å². The number of aromatic nitrogens is 1. The molecule has 3 N–H and O–H groups in total. The van der Waals surface area contributed by atoms with Crippen LogP contribution < -0.4 is 15.8 Å². The first-order chi connectivity index (χ1) is 9.61. The molecule has 0 saturated carbocycles. The van der Waals surface area contributed by atoms with Gasteiger partial charge >= 0.3 is 0 Å². The number of hydrogen-bond donors (Lipinski definition) is 2. The molecule has 1 amide bonds. The molecule has 1 aromatic heterocycles. The predicted molar refractivity (Wildman–Crippen MR) is 79.2 cm³/mol. The molecule has 5 nitrogen and oxygen atoms in total. The van der Waals surface area contributed by atoms with Crippen LogP contribution in [0.5, 0.6) is 5.75 Å². The van der Waals surface area contributed by atoms with Crippen LogP contribution in [0, 0.1) is 0 Å². The highest BCUT2D eigenvalue weighted by atomic mass is 35.5. The SMILES string of the molecule is CCOc1c(N)cccc1C(=O)Nc1cccc(Cl)n1. The number of halogens is 1. The van der Waals surface area contributed by atoms with E-state index in [4.69, 9.17) is 22.1 Å². The van der Waals surface area contributed by atoms with E-state index in [1.807, 2.05) is 6.92 Å². The molecule has 0 atom stereocenters. The van der Waals surface area contributed by atoms with Crippen LogP contribution in [0.15, 0.2) is 36.4 Å². The van der Waals surface area contributed by atoms with Gasteiger partial charge in [0, 0.05) is 0 Å². The summed E-state index contributed by atoms with van der Waals surface area (Å²) in [5, 5.41) is 2.96. The third-order valence-corrected chi connectivity index (χ3v) is 2.75. The van der Waals surface area contributed by atoms with Gasteiger partial charge in [-0.1, -0.05) is 23.7 Å². The second kappa shape index (κ2) is 6.25. The molecule has 1 aromatic carbocycles. The van der Waals surface area contributed by atoms with Crippen molar-refractivity contribution in [3.8, 4) is 5.75 Å². The molecule has 0 fully saturated rings. The minimum atomic E-state index is -0.351. The maximum Gasteiger partial charge on any atom is 0.260 e. The summed E-state index contributed by atoms with van der Waals surface area (Å²) in [4.78, 5) is 16.2. The van der Waals surface area contributed by atoms with E-state index in [1.165, 1.54) is 0 Å². The van der Waals surface area contributed by atoms with Gasteiger partial charge in [-0.25, -0.2) is 4.98 Å². The molecule has 0 aliphatic carbocycles. The Bertz CT molecular complexity index is 632. The second-order valence-corrected chi connectivity index (χ2v) is 4.34. The van der Waals surface area contributed by atoms with Gasteiger partial charge in [-0.3, -0.25) is 4.79 Å². The Morgan fingerprint density at radius 3 is 2.80 bits per heavy atom. The van der Waals surface area contributed by atoms with Crippen molar-refractivity contribution in [2.24, 2.45) is 0 Å². The minimum Gasteiger partial charge on any atom is -0.491 e. The number of hydrogen-bond acceptors (Lipinski definition) is 4. The summed E-state index contributed by atoms with van der Waals surface area (Å²) in [6, 6.07) is 9.99. The molecule has 2 rings (SSSR count). The molecule has 0 radical (unpaired) electrons. The molecule has 0 bridgehead atoms. The average Bonchev–Trinajstić information content (AvgIpc) is 2.41. The van der Waals surface area contributed by atoms with Gasteiger partial charge in [-0.2, -0.15) is 0 Å². The zero-order valence-electron chi connectivity index (χ0n) is 10.9. The topological polar surface area (TPSA) is 77.2 Å². The lowest BCUT2D eigenvalue weighted by Gasteiger charge is -2.12. The van der Waals surface area contributed by atoms with Crippen LogP contribution in [0.4, 0.5) is 11.5 Å². The molecule has 0 aliphatic heterocycles. The van der Waals surface area contributed by atoms with Crippen molar-refractivity contribution in [3.05, 3.63) is 47.1 Å². The van der Waals surface area contributed by atoms with Gasteiger partial charge in [0.1, 0.15) is 11.0 Å². The third kappa shape index (κ3) is 3.19. The number of pyridine rings is 1. The fraction of sp³-hybridized carbons (Fsp3) is 0.143. The Balaban J connectivity index is 2.27. The standard InChI is InChI=1S/C14H14ClN3O2/c1-2-20-13-9(5-3-6-10(13)16)14(19)18-12-8-4-7-11(15)17-12/h3-8H,2,16H2,1H3,(H,17,18,19). The van der Waals surface area contributed by atoms with Crippen molar-refractivity contribution in [1.82, 2.24) is 4.98 Å². The summed E-state index contributed by atoms with van der Waals surface area (Å²) in [6.45, 7) is 2.25. The number of amides is 1. The summed E-state index contributed by atoms with van der Waals surface area (Å²) < 4.78 is 5.42. The molecule has 6 heteroatoms. The van der Waals surface area contributed by atoms with Gasteiger partial charge in [0.05, 0.1) is 17.9 Å². The zero-order chi connectivity index (χ0) is 14.5. The van der Waals surface area contributed by atoms with Gasteiger partial charge < -0.3 is 15.8 Å². The molecule has 20 heavy (non-hydrogen) atoms. The zero-order valence-corrected chi connectivity index (χ0v) is 11.6. The van der Waals surface area contributed by atoms with E-state index in [-0.39, 0.29) is 5.91 Å². The second-order valence-electron chi connectivity index (χ2n) is 3.96. The monoisotopic (exact) mass is 291 g/mol. The Hall–Kier alpha value is -2.27. The molecule has 1 heterocycles. The average molecular weight is 292 g/mol. The highest BCUT2D eigenvalue weighted by molar-refractivity contribution is 6.29. The summed E-state index contributed by atoms with van der Waals surface area (Å²) in [6.07, 6.45) is 0. The van der Waals surface area contributed by atoms with Crippen molar-refractivity contribution in [2.75, 3.05) is 17.7 Å². The van der Waals surface area contributed by atoms with Crippen LogP contribution >= 0.6 is 11.6 Å². The summed E-state index contributed by atoms with van der Waals surface area (Å²) >= 11 is 5.77. The van der Waals surface area contributed by atoms with Gasteiger partial charge in [0.25, 0.3) is 5.91 Å². The van der Waals surface area contributed by atoms with Crippen LogP contribution in [0.2, 0.25) is 5.15 Å². The molecular formula is C14H14ClN3O2. The number of nitrogens with zero attached hydrogens (tertiary/aromatic N) is 1. The van der Waals surface area contributed by atoms with Crippen LogP contribution in [0.25, 0.3) is 0 Å². The number of rotatable bonds is 4. The van der Waals surface area contributed by atoms with E-state index in [2.05, 4.69) is 10.3 Å². The number of carbonyl (C=O) groups is 1. The Morgan fingerprint density at radius 1 is 1.35 bits per heavy atom. The van der Waals surface area contributed by atoms with Crippen LogP contribution in [0.1, 0.15) is 17.3 Å². The van der Waals surface area contributed by atoms with Crippen LogP contribution in [-0.4, -0.2) is 17.5 Å². The number of ether oxygens (including phenoxy) is 1. The Labute approximate surface area is 121 Å². The first kappa shape index (κ1) is 14.1. The maximum absolute atomic E-state index is 12.2. The summed E-state index contributed by atoms with van der Waals surface area (Å²) in [5.41, 5.74) is 6.59. The largest absolute Gasteiger partial charge is 0.491 e. The highest BCUT2D eigenvalue weighted by Gasteiger charge is 2.15. The van der Waals surface area contributed by atoms with E-state index >= 15 is 0 Å². The quantitative estimate of drug-likeness (QED) is 0.670. The van der Waals surface area contributed by atoms with Crippen LogP contribution in [0.3, 0.4) is 0 Å². The number of nitrogens with one attached hydrogen (secondary N) is 1. The lowest BCUT2D eigenvalue weighted by molar-refractivity contribution is 0.102. The Kier molecular flexibility index (Phi) is 4.42. The number of carbonyl (C=O) groups excluding carboxylic acids is 1. The molecular weight excluding hydrogens is 278 g/mol. The normalized spacial score (nSPS) is 10.1. The summed E-state index contributed by atoms with van der Waals surface area (Å²) in [7, 11) is 0. The number of nitrogens with two attached hydrogens (primary N) is 1. The van der Waals surface area contributed by atoms with E-state index < -0.39 is 0 Å². The molecule has 2 aromatic rings. The smallest absolute Gasteiger partial charge is 0.260 e. The lowest BCUT2D eigenvalue weighted by atomic mass is 10.1. The van der Waals surface area contributed by atoms with Crippen molar-refractivity contribution < 1.29 is 9.53 Å². The molecule has 0 spiro atoms. The number of benzene rings is 1. The predicted octanol–water partition coefficient (Wildman–Crippen LogP) is 2.97. The number of anilines is 2. The van der Waals surface area contributed by atoms with E-state index in [0.29, 0.717) is 34.6 Å². The van der Waals surface area contributed by atoms with Crippen LogP contribution in [-0.2, 0) is 0 Å². The Morgan fingerprint density at radius 2 is 2.10 bits per heavy atom. The summed E-state index contributed by atoms with van der Waals surface area (Å²) in [5.74, 6) is 0.386. The number of nitrogen functional groups attached to an aromatic ring is 1. The van der Waals surface area contributed by atoms with Gasteiger partial charge in [0.2, 0.25) is 0 Å². The first-order valence-electron chi connectivity index (χ1n) is 6.07. The van der Waals surface area contributed by atoms with E-state index in [1.54, 1.807) is 36.4 Å². The van der Waals surface area contributed by atoms with Crippen molar-refractivity contribution in [3.63, 3.8) is 0 Å². The van der Waals surface area contributed by atoms with E-state index in [9.17, 15) is 4.79 Å². The fourth-order valence-corrected chi connectivity index (χ4v) is 1.86. The molecule has 0 saturated heterocycles. The van der Waals surface area contributed by atoms with Crippen molar-refractivity contribution in [2.45, 2.75) is 6.92 Å². The van der Waals surface area contributed by atoms with E-state index in [0.717, 1.165) is 0 Å². The van der Waals surface area contributed by atoms with Gasteiger partial charge in [-0.05, 0) is 31.2 Å². The molecule has 0 unspecified atom stereocenters. The minimum absolute atomic E-state index is 0.306. The highest BCUT2D eigenvalue weighted by Crippen LogP contribution is 2.27.